The molecule has 1 aromatic heterocycles. The fourth-order valence-corrected chi connectivity index (χ4v) is 3.84. The number of carbonyl (C=O) groups is 1. The minimum atomic E-state index is -0.742. The molecule has 0 bridgehead atoms. The Kier molecular flexibility index (Phi) is 5.21. The van der Waals surface area contributed by atoms with Gasteiger partial charge < -0.3 is 24.4 Å². The Bertz CT molecular complexity index is 1070. The van der Waals surface area contributed by atoms with E-state index < -0.39 is 6.10 Å². The number of likely N-dealkylation sites (N-methyl/N-ethyl adjacent to an activating group) is 1. The Balaban J connectivity index is 1.36. The SMILES string of the molecule is CN1CCC(Oc2cc(-c3cn[nH]c3)ccc2NC(=O)C2COc3ccccc3O2)C1. The van der Waals surface area contributed by atoms with Crippen LogP contribution in [0.5, 0.6) is 17.2 Å². The highest BCUT2D eigenvalue weighted by molar-refractivity contribution is 5.96. The molecule has 160 valence electrons. The third-order valence-corrected chi connectivity index (χ3v) is 5.51. The first-order valence-electron chi connectivity index (χ1n) is 10.3. The van der Waals surface area contributed by atoms with Crippen LogP contribution in [0.1, 0.15) is 6.42 Å². The van der Waals surface area contributed by atoms with Crippen LogP contribution in [0, 0.1) is 0 Å². The zero-order valence-electron chi connectivity index (χ0n) is 17.2. The summed E-state index contributed by atoms with van der Waals surface area (Å²) in [5.41, 5.74) is 2.51. The van der Waals surface area contributed by atoms with Crippen molar-refractivity contribution >= 4 is 11.6 Å². The van der Waals surface area contributed by atoms with Gasteiger partial charge in [-0.3, -0.25) is 9.89 Å². The molecule has 1 fully saturated rings. The van der Waals surface area contributed by atoms with Gasteiger partial charge in [-0.15, -0.1) is 0 Å². The molecule has 0 radical (unpaired) electrons. The van der Waals surface area contributed by atoms with Gasteiger partial charge in [-0.2, -0.15) is 5.10 Å². The van der Waals surface area contributed by atoms with Gasteiger partial charge in [0.15, 0.2) is 11.5 Å². The monoisotopic (exact) mass is 420 g/mol. The van der Waals surface area contributed by atoms with E-state index in [0.717, 1.165) is 30.6 Å². The van der Waals surface area contributed by atoms with Crippen LogP contribution in [0.2, 0.25) is 0 Å². The summed E-state index contributed by atoms with van der Waals surface area (Å²) in [6.45, 7) is 1.99. The number of anilines is 1. The summed E-state index contributed by atoms with van der Waals surface area (Å²) in [6, 6.07) is 13.1. The molecular weight excluding hydrogens is 396 g/mol. The average Bonchev–Trinajstić information content (AvgIpc) is 3.46. The van der Waals surface area contributed by atoms with E-state index in [4.69, 9.17) is 14.2 Å². The molecule has 8 nitrogen and oxygen atoms in total. The second-order valence-corrected chi connectivity index (χ2v) is 7.84. The van der Waals surface area contributed by atoms with E-state index in [1.165, 1.54) is 0 Å². The van der Waals surface area contributed by atoms with Crippen molar-refractivity contribution in [2.75, 3.05) is 32.1 Å². The zero-order chi connectivity index (χ0) is 21.2. The molecule has 1 saturated heterocycles. The normalized spacial score (nSPS) is 20.4. The predicted octanol–water partition coefficient (Wildman–Crippen LogP) is 2.94. The number of H-pyrrole nitrogens is 1. The summed E-state index contributed by atoms with van der Waals surface area (Å²) in [5.74, 6) is 1.56. The molecule has 0 saturated carbocycles. The first kappa shape index (κ1) is 19.4. The smallest absolute Gasteiger partial charge is 0.269 e. The molecule has 31 heavy (non-hydrogen) atoms. The Hall–Kier alpha value is -3.52. The van der Waals surface area contributed by atoms with Crippen LogP contribution in [0.15, 0.2) is 54.9 Å². The van der Waals surface area contributed by atoms with Gasteiger partial charge in [0, 0.05) is 24.8 Å². The van der Waals surface area contributed by atoms with Gasteiger partial charge in [0.25, 0.3) is 5.91 Å². The highest BCUT2D eigenvalue weighted by Crippen LogP contribution is 2.34. The number of aromatic nitrogens is 2. The minimum Gasteiger partial charge on any atom is -0.487 e. The molecule has 3 aromatic rings. The van der Waals surface area contributed by atoms with E-state index in [1.54, 1.807) is 12.3 Å². The zero-order valence-corrected chi connectivity index (χ0v) is 17.2. The van der Waals surface area contributed by atoms with Gasteiger partial charge in [0.2, 0.25) is 6.10 Å². The number of benzene rings is 2. The number of para-hydroxylation sites is 2. The van der Waals surface area contributed by atoms with Crippen molar-refractivity contribution in [3.63, 3.8) is 0 Å². The van der Waals surface area contributed by atoms with E-state index >= 15 is 0 Å². The molecule has 2 aliphatic heterocycles. The number of nitrogens with one attached hydrogen (secondary N) is 2. The Morgan fingerprint density at radius 2 is 2.10 bits per heavy atom. The Morgan fingerprint density at radius 3 is 2.87 bits per heavy atom. The lowest BCUT2D eigenvalue weighted by Crippen LogP contribution is -2.40. The van der Waals surface area contributed by atoms with Crippen LogP contribution in [0.4, 0.5) is 5.69 Å². The van der Waals surface area contributed by atoms with Crippen molar-refractivity contribution in [2.45, 2.75) is 18.6 Å². The van der Waals surface area contributed by atoms with E-state index in [-0.39, 0.29) is 18.6 Å². The summed E-state index contributed by atoms with van der Waals surface area (Å²) in [5, 5.41) is 9.81. The van der Waals surface area contributed by atoms with Crippen LogP contribution >= 0.6 is 0 Å². The van der Waals surface area contributed by atoms with Crippen LogP contribution in [-0.4, -0.2) is 60.0 Å². The number of aromatic amines is 1. The molecule has 0 aliphatic carbocycles. The van der Waals surface area contributed by atoms with E-state index in [9.17, 15) is 4.79 Å². The maximum Gasteiger partial charge on any atom is 0.269 e. The molecule has 0 spiro atoms. The number of likely N-dealkylation sites (tertiary alicyclic amines) is 1. The fraction of sp³-hybridized carbons (Fsp3) is 0.304. The molecule has 8 heteroatoms. The number of ether oxygens (including phenoxy) is 3. The molecule has 3 heterocycles. The van der Waals surface area contributed by atoms with Crippen LogP contribution in [0.3, 0.4) is 0 Å². The van der Waals surface area contributed by atoms with Gasteiger partial charge in [0.05, 0.1) is 11.9 Å². The minimum absolute atomic E-state index is 0.0707. The van der Waals surface area contributed by atoms with Crippen molar-refractivity contribution in [1.29, 1.82) is 0 Å². The van der Waals surface area contributed by atoms with Gasteiger partial charge in [-0.25, -0.2) is 0 Å². The molecule has 2 N–H and O–H groups in total. The molecule has 2 unspecified atom stereocenters. The van der Waals surface area contributed by atoms with Gasteiger partial charge in [-0.1, -0.05) is 18.2 Å². The largest absolute Gasteiger partial charge is 0.487 e. The molecule has 2 atom stereocenters. The number of amides is 1. The topological polar surface area (TPSA) is 88.7 Å². The van der Waals surface area contributed by atoms with Crippen molar-refractivity contribution in [3.05, 3.63) is 54.9 Å². The number of hydrogen-bond donors (Lipinski definition) is 2. The maximum absolute atomic E-state index is 12.9. The Morgan fingerprint density at radius 1 is 1.23 bits per heavy atom. The molecule has 5 rings (SSSR count). The summed E-state index contributed by atoms with van der Waals surface area (Å²) in [7, 11) is 2.08. The van der Waals surface area contributed by atoms with E-state index in [2.05, 4.69) is 27.5 Å². The Labute approximate surface area is 180 Å². The highest BCUT2D eigenvalue weighted by atomic mass is 16.6. The third-order valence-electron chi connectivity index (χ3n) is 5.51. The van der Waals surface area contributed by atoms with Crippen molar-refractivity contribution in [3.8, 4) is 28.4 Å². The van der Waals surface area contributed by atoms with Crippen LogP contribution in [-0.2, 0) is 4.79 Å². The first-order chi connectivity index (χ1) is 15.2. The molecule has 2 aliphatic rings. The fourth-order valence-electron chi connectivity index (χ4n) is 3.84. The third kappa shape index (κ3) is 4.20. The second-order valence-electron chi connectivity index (χ2n) is 7.84. The van der Waals surface area contributed by atoms with Gasteiger partial charge >= 0.3 is 0 Å². The summed E-state index contributed by atoms with van der Waals surface area (Å²) in [4.78, 5) is 15.2. The average molecular weight is 420 g/mol. The first-order valence-corrected chi connectivity index (χ1v) is 10.3. The van der Waals surface area contributed by atoms with Gasteiger partial charge in [-0.05, 0) is 43.3 Å². The van der Waals surface area contributed by atoms with Crippen molar-refractivity contribution < 1.29 is 19.0 Å². The quantitative estimate of drug-likeness (QED) is 0.660. The molecule has 2 aromatic carbocycles. The predicted molar refractivity (Wildman–Crippen MR) is 116 cm³/mol. The maximum atomic E-state index is 12.9. The lowest BCUT2D eigenvalue weighted by atomic mass is 10.1. The van der Waals surface area contributed by atoms with E-state index in [0.29, 0.717) is 22.9 Å². The lowest BCUT2D eigenvalue weighted by Gasteiger charge is -2.26. The number of fused-ring (bicyclic) bond motifs is 1. The lowest BCUT2D eigenvalue weighted by molar-refractivity contribution is -0.125. The van der Waals surface area contributed by atoms with E-state index in [1.807, 2.05) is 42.6 Å². The summed E-state index contributed by atoms with van der Waals surface area (Å²) >= 11 is 0. The van der Waals surface area contributed by atoms with Crippen molar-refractivity contribution in [1.82, 2.24) is 15.1 Å². The number of hydrogen-bond acceptors (Lipinski definition) is 6. The summed E-state index contributed by atoms with van der Waals surface area (Å²) < 4.78 is 17.8. The molecule has 1 amide bonds. The second kappa shape index (κ2) is 8.31. The number of carbonyl (C=O) groups excluding carboxylic acids is 1. The molecular formula is C23H24N4O4. The van der Waals surface area contributed by atoms with Crippen LogP contribution in [0.25, 0.3) is 11.1 Å². The summed E-state index contributed by atoms with van der Waals surface area (Å²) in [6.07, 6.45) is 3.85. The van der Waals surface area contributed by atoms with Crippen LogP contribution < -0.4 is 19.5 Å². The highest BCUT2D eigenvalue weighted by Gasteiger charge is 2.29. The number of rotatable bonds is 5. The number of nitrogens with zero attached hydrogens (tertiary/aromatic N) is 2. The van der Waals surface area contributed by atoms with Crippen molar-refractivity contribution in [2.24, 2.45) is 0 Å². The standard InChI is InChI=1S/C23H24N4O4/c1-27-9-8-17(13-27)30-21-10-15(16-11-24-25-12-16)6-7-18(21)26-23(28)22-14-29-19-4-2-3-5-20(19)31-22/h2-7,10-12,17,22H,8-9,13-14H2,1H3,(H,24,25)(H,26,28). The van der Waals surface area contributed by atoms with Gasteiger partial charge in [0.1, 0.15) is 18.5 Å².